The summed E-state index contributed by atoms with van der Waals surface area (Å²) in [6, 6.07) is 0. The Balaban J connectivity index is 0. The number of esters is 2. The van der Waals surface area contributed by atoms with Crippen LogP contribution in [-0.4, -0.2) is 67.6 Å². The van der Waals surface area contributed by atoms with Crippen molar-refractivity contribution in [2.45, 2.75) is 65.1 Å². The Hall–Kier alpha value is 0.406. The number of hydrogen-bond donors (Lipinski definition) is 0. The molecule has 2 rings (SSSR count). The monoisotopic (exact) mass is 518 g/mol. The fourth-order valence-corrected chi connectivity index (χ4v) is 3.66. The van der Waals surface area contributed by atoms with Crippen LogP contribution >= 0.6 is 11.8 Å². The van der Waals surface area contributed by atoms with Crippen LogP contribution in [-0.2, 0) is 50.8 Å². The summed E-state index contributed by atoms with van der Waals surface area (Å²) in [4.78, 5) is 42.2. The van der Waals surface area contributed by atoms with E-state index in [1.54, 1.807) is 6.92 Å². The number of hydrogen-bond acceptors (Lipinski definition) is 10. The zero-order valence-electron chi connectivity index (χ0n) is 20.0. The third kappa shape index (κ3) is 16.9. The molecule has 0 amide bonds. The van der Waals surface area contributed by atoms with Gasteiger partial charge < -0.3 is 36.4 Å². The van der Waals surface area contributed by atoms with Gasteiger partial charge in [0.1, 0.15) is 0 Å². The van der Waals surface area contributed by atoms with E-state index in [-0.39, 0.29) is 91.5 Å². The van der Waals surface area contributed by atoms with Crippen molar-refractivity contribution in [3.05, 3.63) is 0 Å². The molecule has 0 radical (unpaired) electrons. The summed E-state index contributed by atoms with van der Waals surface area (Å²) in [5.41, 5.74) is 0. The molecule has 0 spiro atoms. The average molecular weight is 519 g/mol. The van der Waals surface area contributed by atoms with Crippen LogP contribution in [0.15, 0.2) is 0 Å². The summed E-state index contributed by atoms with van der Waals surface area (Å²) in [6.45, 7) is 5.93. The maximum Gasteiger partial charge on any atom is 1.00 e. The van der Waals surface area contributed by atoms with Gasteiger partial charge in [0.15, 0.2) is 5.12 Å². The second-order valence-corrected chi connectivity index (χ2v) is 8.98. The largest absolute Gasteiger partial charge is 1.00 e. The molecule has 0 saturated carbocycles. The first-order valence-electron chi connectivity index (χ1n) is 10.3. The minimum Gasteiger partial charge on any atom is -0.742 e. The molecule has 4 atom stereocenters. The topological polar surface area (TPSA) is 105 Å². The van der Waals surface area contributed by atoms with Gasteiger partial charge in [0.05, 0.1) is 51.5 Å². The van der Waals surface area contributed by atoms with Crippen LogP contribution in [0.1, 0.15) is 52.9 Å². The molecule has 0 aromatic heterocycles. The Morgan fingerprint density at radius 2 is 1.28 bits per heavy atom. The first-order chi connectivity index (χ1) is 14.6. The number of ether oxygens (including phenoxy) is 4. The molecule has 11 heteroatoms. The second-order valence-electron chi connectivity index (χ2n) is 7.21. The van der Waals surface area contributed by atoms with E-state index in [9.17, 15) is 19.2 Å². The minimum atomic E-state index is -0.250. The molecule has 0 bridgehead atoms. The molecule has 4 unspecified atom stereocenters. The van der Waals surface area contributed by atoms with Gasteiger partial charge >= 0.3 is 63.3 Å². The number of rotatable bonds is 5. The van der Waals surface area contributed by atoms with E-state index in [4.69, 9.17) is 9.47 Å². The summed E-state index contributed by atoms with van der Waals surface area (Å²) in [6.07, 6.45) is 4.98. The van der Waals surface area contributed by atoms with E-state index in [1.807, 2.05) is 0 Å². The van der Waals surface area contributed by atoms with Crippen molar-refractivity contribution in [1.29, 1.82) is 0 Å². The molecule has 2 fully saturated rings. The molecular weight excluding hydrogens is 483 g/mol. The van der Waals surface area contributed by atoms with Crippen molar-refractivity contribution >= 4 is 46.6 Å². The van der Waals surface area contributed by atoms with Crippen LogP contribution < -0.4 is 51.4 Å². The second kappa shape index (κ2) is 20.8. The van der Waals surface area contributed by atoms with E-state index in [0.29, 0.717) is 25.1 Å². The van der Waals surface area contributed by atoms with Gasteiger partial charge in [-0.05, 0) is 39.0 Å². The average Bonchev–Trinajstić information content (AvgIpc) is 2.77. The van der Waals surface area contributed by atoms with Gasteiger partial charge in [-0.2, -0.15) is 0 Å². The molecule has 0 aliphatic carbocycles. The summed E-state index contributed by atoms with van der Waals surface area (Å²) in [5, 5.41) is -0.145. The van der Waals surface area contributed by atoms with E-state index >= 15 is 0 Å². The van der Waals surface area contributed by atoms with Gasteiger partial charge in [0.25, 0.3) is 0 Å². The summed E-state index contributed by atoms with van der Waals surface area (Å²) >= 11 is 5.25. The number of carbonyl (C=O) groups is 4. The maximum atomic E-state index is 11.2. The van der Waals surface area contributed by atoms with Crippen molar-refractivity contribution in [2.75, 3.05) is 33.2 Å². The quantitative estimate of drug-likeness (QED) is 0.273. The Morgan fingerprint density at radius 1 is 0.875 bits per heavy atom. The van der Waals surface area contributed by atoms with Crippen molar-refractivity contribution in [1.82, 2.24) is 0 Å². The molecule has 0 aromatic carbocycles. The van der Waals surface area contributed by atoms with Crippen LogP contribution in [0.5, 0.6) is 0 Å². The normalized spacial score (nSPS) is 24.2. The summed E-state index contributed by atoms with van der Waals surface area (Å²) in [7, 11) is 2.81. The number of methoxy groups -OCH3 is 2. The Morgan fingerprint density at radius 3 is 1.56 bits per heavy atom. The predicted octanol–water partition coefficient (Wildman–Crippen LogP) is -0.317. The van der Waals surface area contributed by atoms with Gasteiger partial charge in [-0.15, -0.1) is 0 Å². The van der Waals surface area contributed by atoms with Crippen LogP contribution in [0, 0.1) is 11.8 Å². The first kappa shape index (κ1) is 34.6. The molecule has 180 valence electrons. The molecule has 2 aliphatic rings. The van der Waals surface area contributed by atoms with Crippen molar-refractivity contribution in [2.24, 2.45) is 11.8 Å². The third-order valence-electron chi connectivity index (χ3n) is 4.74. The van der Waals surface area contributed by atoms with Crippen LogP contribution in [0.4, 0.5) is 0 Å². The fraction of sp³-hybridized carbons (Fsp3) is 0.810. The van der Waals surface area contributed by atoms with Crippen LogP contribution in [0.25, 0.3) is 0 Å². The van der Waals surface area contributed by atoms with E-state index in [0.717, 1.165) is 32.1 Å². The summed E-state index contributed by atoms with van der Waals surface area (Å²) in [5.74, 6) is 0.187. The Labute approximate surface area is 243 Å². The molecule has 2 heterocycles. The van der Waals surface area contributed by atoms with Gasteiger partial charge in [0.2, 0.25) is 0 Å². The molecule has 0 N–H and O–H groups in total. The summed E-state index contributed by atoms with van der Waals surface area (Å²) < 4.78 is 20.2. The van der Waals surface area contributed by atoms with E-state index in [2.05, 4.69) is 29.0 Å². The zero-order valence-corrected chi connectivity index (χ0v) is 24.8. The zero-order chi connectivity index (χ0) is 23.8. The van der Waals surface area contributed by atoms with Crippen molar-refractivity contribution in [3.8, 4) is 0 Å². The third-order valence-corrected chi connectivity index (χ3v) is 5.68. The standard InChI is InChI=1S/C10H16O4S.C9H16O3.C2H4OS.K/c1-7(11)15-6-9-4-3-8(5-14-9)10(12)13-2;1-3-8-5-4-7(6-12-8)9(10)11-2;1-2(3)4;/h8-9H,3-6H2,1-2H3;7-8H,3-6H2,1-2H3;1H3,(H,3,4);/q;;;+1/p-1. The molecule has 8 nitrogen and oxygen atoms in total. The Kier molecular flexibility index (Phi) is 22.4. The van der Waals surface area contributed by atoms with Gasteiger partial charge in [-0.1, -0.05) is 18.7 Å². The number of carbonyl (C=O) groups excluding carboxylic acids is 4. The predicted molar refractivity (Wildman–Crippen MR) is 120 cm³/mol. The van der Waals surface area contributed by atoms with E-state index in [1.165, 1.54) is 32.9 Å². The molecule has 2 aliphatic heterocycles. The molecular formula is C21H35KO8S2. The maximum absolute atomic E-state index is 11.2. The number of thioether (sulfide) groups is 1. The van der Waals surface area contributed by atoms with Crippen molar-refractivity contribution in [3.63, 3.8) is 0 Å². The van der Waals surface area contributed by atoms with E-state index < -0.39 is 0 Å². The first-order valence-corrected chi connectivity index (χ1v) is 11.7. The Bertz CT molecular complexity index is 556. The smallest absolute Gasteiger partial charge is 0.742 e. The molecule has 2 saturated heterocycles. The minimum absolute atomic E-state index is 0. The van der Waals surface area contributed by atoms with Crippen molar-refractivity contribution < 1.29 is 89.5 Å². The SMILES string of the molecule is CC(=O)[S-].CCC1CCC(C(=O)OC)CO1.COC(=O)C1CCC(CSC(C)=O)OC1.[K+]. The molecule has 32 heavy (non-hydrogen) atoms. The van der Waals surface area contributed by atoms with Crippen LogP contribution in [0.2, 0.25) is 0 Å². The fourth-order valence-electron chi connectivity index (χ4n) is 2.98. The molecule has 0 aromatic rings. The van der Waals surface area contributed by atoms with Gasteiger partial charge in [-0.3, -0.25) is 14.4 Å². The van der Waals surface area contributed by atoms with Crippen LogP contribution in [0.3, 0.4) is 0 Å². The van der Waals surface area contributed by atoms with Gasteiger partial charge in [-0.25, -0.2) is 0 Å². The van der Waals surface area contributed by atoms with Gasteiger partial charge in [0, 0.05) is 17.8 Å².